The molecule has 6 nitrogen and oxygen atoms in total. The fourth-order valence-corrected chi connectivity index (χ4v) is 2.43. The van der Waals surface area contributed by atoms with Gasteiger partial charge in [0, 0.05) is 17.2 Å². The van der Waals surface area contributed by atoms with Gasteiger partial charge in [0.25, 0.3) is 11.6 Å². The molecule has 3 rings (SSSR count). The molecule has 1 aliphatic rings. The van der Waals surface area contributed by atoms with Crippen molar-refractivity contribution in [3.05, 3.63) is 74.8 Å². The molecular weight excluding hydrogens is 330 g/mol. The number of nitro benzene ring substituents is 1. The van der Waals surface area contributed by atoms with E-state index >= 15 is 0 Å². The molecule has 0 N–H and O–H groups in total. The second kappa shape index (κ2) is 6.25. The molecule has 0 atom stereocenters. The Kier molecular flexibility index (Phi) is 4.14. The lowest BCUT2D eigenvalue weighted by Gasteiger charge is -2.11. The summed E-state index contributed by atoms with van der Waals surface area (Å²) < 4.78 is 0. The van der Waals surface area contributed by atoms with Gasteiger partial charge in [-0.25, -0.2) is 0 Å². The molecular formula is C17H12ClN3O3. The van der Waals surface area contributed by atoms with Gasteiger partial charge in [0.1, 0.15) is 0 Å². The normalized spacial score (nSPS) is 15.8. The standard InChI is InChI=1S/C17H12ClN3O3/c1-11-16(10-12-2-6-15(7-3-12)21(23)24)17(22)20(19-11)14-8-4-13(18)5-9-14/h2-10H,1H3/b16-10+. The Bertz CT molecular complexity index is 871. The predicted molar refractivity (Wildman–Crippen MR) is 93.1 cm³/mol. The van der Waals surface area contributed by atoms with Crippen molar-refractivity contribution in [2.24, 2.45) is 5.10 Å². The monoisotopic (exact) mass is 341 g/mol. The van der Waals surface area contributed by atoms with E-state index in [0.717, 1.165) is 0 Å². The molecule has 1 amide bonds. The van der Waals surface area contributed by atoms with Crippen LogP contribution >= 0.6 is 11.6 Å². The Hall–Kier alpha value is -2.99. The lowest BCUT2D eigenvalue weighted by molar-refractivity contribution is -0.384. The van der Waals surface area contributed by atoms with Gasteiger partial charge in [-0.05, 0) is 55.0 Å². The summed E-state index contributed by atoms with van der Waals surface area (Å²) >= 11 is 5.86. The quantitative estimate of drug-likeness (QED) is 0.480. The van der Waals surface area contributed by atoms with Gasteiger partial charge in [0.2, 0.25) is 0 Å². The molecule has 0 unspecified atom stereocenters. The van der Waals surface area contributed by atoms with E-state index < -0.39 is 4.92 Å². The average Bonchev–Trinajstić information content (AvgIpc) is 2.84. The Morgan fingerprint density at radius 3 is 2.33 bits per heavy atom. The molecule has 2 aromatic rings. The second-order valence-electron chi connectivity index (χ2n) is 5.19. The van der Waals surface area contributed by atoms with Gasteiger partial charge in [-0.2, -0.15) is 10.1 Å². The summed E-state index contributed by atoms with van der Waals surface area (Å²) in [5.41, 5.74) is 2.34. The highest BCUT2D eigenvalue weighted by Gasteiger charge is 2.28. The maximum atomic E-state index is 12.6. The van der Waals surface area contributed by atoms with Crippen molar-refractivity contribution in [2.45, 2.75) is 6.92 Å². The lowest BCUT2D eigenvalue weighted by Crippen LogP contribution is -2.21. The van der Waals surface area contributed by atoms with E-state index in [-0.39, 0.29) is 11.6 Å². The topological polar surface area (TPSA) is 75.8 Å². The highest BCUT2D eigenvalue weighted by Crippen LogP contribution is 2.26. The molecule has 1 aliphatic heterocycles. The van der Waals surface area contributed by atoms with Crippen LogP contribution in [-0.4, -0.2) is 16.5 Å². The summed E-state index contributed by atoms with van der Waals surface area (Å²) in [5, 5.41) is 16.8. The first-order valence-electron chi connectivity index (χ1n) is 7.07. The zero-order valence-corrected chi connectivity index (χ0v) is 13.4. The van der Waals surface area contributed by atoms with E-state index in [1.807, 2.05) is 0 Å². The van der Waals surface area contributed by atoms with Gasteiger partial charge >= 0.3 is 0 Å². The number of anilines is 1. The Morgan fingerprint density at radius 2 is 1.75 bits per heavy atom. The average molecular weight is 342 g/mol. The number of rotatable bonds is 3. The molecule has 120 valence electrons. The number of benzene rings is 2. The number of hydrazone groups is 1. The van der Waals surface area contributed by atoms with Gasteiger partial charge in [0.15, 0.2) is 0 Å². The van der Waals surface area contributed by atoms with Crippen LogP contribution in [0.15, 0.2) is 59.2 Å². The minimum absolute atomic E-state index is 0.00285. The molecule has 0 spiro atoms. The Labute approximate surface area is 142 Å². The molecule has 0 bridgehead atoms. The molecule has 1 heterocycles. The minimum Gasteiger partial charge on any atom is -0.267 e. The van der Waals surface area contributed by atoms with Crippen molar-refractivity contribution >= 4 is 40.7 Å². The smallest absolute Gasteiger partial charge is 0.267 e. The second-order valence-corrected chi connectivity index (χ2v) is 5.62. The van der Waals surface area contributed by atoms with Crippen LogP contribution in [0.4, 0.5) is 11.4 Å². The molecule has 7 heteroatoms. The third-order valence-corrected chi connectivity index (χ3v) is 3.80. The van der Waals surface area contributed by atoms with Crippen molar-refractivity contribution in [3.8, 4) is 0 Å². The summed E-state index contributed by atoms with van der Waals surface area (Å²) in [7, 11) is 0. The Balaban J connectivity index is 1.89. The van der Waals surface area contributed by atoms with Gasteiger partial charge in [-0.1, -0.05) is 11.6 Å². The fraction of sp³-hybridized carbons (Fsp3) is 0.0588. The number of non-ortho nitro benzene ring substituents is 1. The predicted octanol–water partition coefficient (Wildman–Crippen LogP) is 4.05. The largest absolute Gasteiger partial charge is 0.280 e. The number of halogens is 1. The highest BCUT2D eigenvalue weighted by molar-refractivity contribution is 6.32. The first kappa shape index (κ1) is 15.9. The Morgan fingerprint density at radius 1 is 1.12 bits per heavy atom. The highest BCUT2D eigenvalue weighted by atomic mass is 35.5. The summed E-state index contributed by atoms with van der Waals surface area (Å²) in [6, 6.07) is 12.8. The summed E-state index contributed by atoms with van der Waals surface area (Å²) in [6.45, 7) is 1.74. The molecule has 0 saturated carbocycles. The van der Waals surface area contributed by atoms with Crippen molar-refractivity contribution in [1.82, 2.24) is 0 Å². The third-order valence-electron chi connectivity index (χ3n) is 3.55. The van der Waals surface area contributed by atoms with E-state index in [1.165, 1.54) is 17.1 Å². The van der Waals surface area contributed by atoms with Crippen LogP contribution in [0.2, 0.25) is 5.02 Å². The van der Waals surface area contributed by atoms with Crippen molar-refractivity contribution in [3.63, 3.8) is 0 Å². The van der Waals surface area contributed by atoms with Crippen LogP contribution in [0.5, 0.6) is 0 Å². The van der Waals surface area contributed by atoms with Crippen LogP contribution < -0.4 is 5.01 Å². The van der Waals surface area contributed by atoms with E-state index in [4.69, 9.17) is 11.6 Å². The van der Waals surface area contributed by atoms with Gasteiger partial charge < -0.3 is 0 Å². The van der Waals surface area contributed by atoms with Crippen LogP contribution in [0.1, 0.15) is 12.5 Å². The van der Waals surface area contributed by atoms with Crippen molar-refractivity contribution < 1.29 is 9.72 Å². The molecule has 0 aliphatic carbocycles. The van der Waals surface area contributed by atoms with Crippen LogP contribution in [0, 0.1) is 10.1 Å². The zero-order chi connectivity index (χ0) is 17.3. The number of carbonyl (C=O) groups is 1. The van der Waals surface area contributed by atoms with Crippen LogP contribution in [0.25, 0.3) is 6.08 Å². The first-order valence-corrected chi connectivity index (χ1v) is 7.45. The number of hydrogen-bond acceptors (Lipinski definition) is 4. The molecule has 24 heavy (non-hydrogen) atoms. The molecule has 2 aromatic carbocycles. The number of nitrogens with zero attached hydrogens (tertiary/aromatic N) is 3. The summed E-state index contributed by atoms with van der Waals surface area (Å²) in [4.78, 5) is 22.8. The van der Waals surface area contributed by atoms with E-state index in [1.54, 1.807) is 49.4 Å². The lowest BCUT2D eigenvalue weighted by atomic mass is 10.1. The van der Waals surface area contributed by atoms with Crippen LogP contribution in [-0.2, 0) is 4.79 Å². The van der Waals surface area contributed by atoms with Gasteiger partial charge in [-0.15, -0.1) is 0 Å². The zero-order valence-electron chi connectivity index (χ0n) is 12.6. The first-order chi connectivity index (χ1) is 11.5. The van der Waals surface area contributed by atoms with E-state index in [2.05, 4.69) is 5.10 Å². The van der Waals surface area contributed by atoms with Crippen LogP contribution in [0.3, 0.4) is 0 Å². The number of carbonyl (C=O) groups excluding carboxylic acids is 1. The van der Waals surface area contributed by atoms with E-state index in [0.29, 0.717) is 27.6 Å². The van der Waals surface area contributed by atoms with Crippen molar-refractivity contribution in [1.29, 1.82) is 0 Å². The maximum absolute atomic E-state index is 12.6. The molecule has 0 fully saturated rings. The van der Waals surface area contributed by atoms with E-state index in [9.17, 15) is 14.9 Å². The number of amides is 1. The third kappa shape index (κ3) is 3.04. The van der Waals surface area contributed by atoms with Crippen molar-refractivity contribution in [2.75, 3.05) is 5.01 Å². The molecule has 0 saturated heterocycles. The SMILES string of the molecule is CC1=NN(c2ccc(Cl)cc2)C(=O)/C1=C/c1ccc([N+](=O)[O-])cc1. The fourth-order valence-electron chi connectivity index (χ4n) is 2.30. The minimum atomic E-state index is -0.466. The number of hydrogen-bond donors (Lipinski definition) is 0. The summed E-state index contributed by atoms with van der Waals surface area (Å²) in [5.74, 6) is -0.256. The van der Waals surface area contributed by atoms with Gasteiger partial charge in [-0.3, -0.25) is 14.9 Å². The number of nitro groups is 1. The van der Waals surface area contributed by atoms with Gasteiger partial charge in [0.05, 0.1) is 21.9 Å². The molecule has 0 radical (unpaired) electrons. The molecule has 0 aromatic heterocycles. The maximum Gasteiger partial charge on any atom is 0.280 e. The summed E-state index contributed by atoms with van der Waals surface area (Å²) in [6.07, 6.45) is 1.67.